The predicted molar refractivity (Wildman–Crippen MR) is 146 cm³/mol. The Morgan fingerprint density at radius 1 is 1.03 bits per heavy atom. The molecular formula is C26H33ClF3N3O4S. The van der Waals surface area contributed by atoms with Crippen LogP contribution in [0.1, 0.15) is 57.5 Å². The molecule has 0 saturated carbocycles. The van der Waals surface area contributed by atoms with Crippen molar-refractivity contribution in [3.8, 4) is 5.75 Å². The lowest BCUT2D eigenvalue weighted by molar-refractivity contribution is -0.137. The number of fused-ring (bicyclic) bond motifs is 1. The molecule has 0 aliphatic carbocycles. The van der Waals surface area contributed by atoms with Gasteiger partial charge in [-0.3, -0.25) is 10.1 Å². The van der Waals surface area contributed by atoms with Crippen LogP contribution >= 0.6 is 22.9 Å². The van der Waals surface area contributed by atoms with Crippen molar-refractivity contribution in [3.63, 3.8) is 0 Å². The van der Waals surface area contributed by atoms with Crippen molar-refractivity contribution in [1.29, 1.82) is 0 Å². The summed E-state index contributed by atoms with van der Waals surface area (Å²) in [7, 11) is 0. The van der Waals surface area contributed by atoms with Crippen LogP contribution in [-0.2, 0) is 10.9 Å². The number of morpholine rings is 1. The Bertz CT molecular complexity index is 1180. The molecule has 2 aromatic carbocycles. The monoisotopic (exact) mass is 575 g/mol. The second kappa shape index (κ2) is 16.2. The van der Waals surface area contributed by atoms with Gasteiger partial charge >= 0.3 is 12.3 Å². The number of carbonyl (C=O) groups is 2. The topological polar surface area (TPSA) is 80.8 Å². The van der Waals surface area contributed by atoms with Crippen LogP contribution in [0, 0.1) is 0 Å². The minimum atomic E-state index is -4.48. The zero-order chi connectivity index (χ0) is 28.9. The Kier molecular flexibility index (Phi) is 14.1. The molecule has 12 heteroatoms. The number of aromatic nitrogens is 1. The zero-order valence-corrected chi connectivity index (χ0v) is 23.8. The first-order valence-electron chi connectivity index (χ1n) is 12.3. The molecule has 0 unspecified atom stereocenters. The summed E-state index contributed by atoms with van der Waals surface area (Å²) >= 11 is 6.90. The number of ether oxygens (including phenoxy) is 2. The van der Waals surface area contributed by atoms with Gasteiger partial charge < -0.3 is 14.4 Å². The van der Waals surface area contributed by atoms with Gasteiger partial charge in [0.2, 0.25) is 0 Å². The SMILES string of the molecule is CC.CC.CC.O=C(Nc1nc2ccc(C(F)(F)F)cc2s1)c1cc(Cl)ccc1OC(=O)N1CCOCC1. The van der Waals surface area contributed by atoms with Gasteiger partial charge in [-0.1, -0.05) is 64.5 Å². The number of nitrogens with one attached hydrogen (secondary N) is 1. The fourth-order valence-corrected chi connectivity index (χ4v) is 4.06. The molecule has 0 spiro atoms. The van der Waals surface area contributed by atoms with E-state index in [0.717, 1.165) is 23.5 Å². The number of rotatable bonds is 3. The average Bonchev–Trinajstić information content (AvgIpc) is 3.34. The van der Waals surface area contributed by atoms with E-state index < -0.39 is 23.7 Å². The molecule has 0 radical (unpaired) electrons. The van der Waals surface area contributed by atoms with E-state index in [4.69, 9.17) is 21.1 Å². The van der Waals surface area contributed by atoms with Crippen LogP contribution in [0.5, 0.6) is 5.75 Å². The van der Waals surface area contributed by atoms with Gasteiger partial charge in [0.25, 0.3) is 5.91 Å². The fourth-order valence-electron chi connectivity index (χ4n) is 2.99. The zero-order valence-electron chi connectivity index (χ0n) is 22.2. The molecule has 1 saturated heterocycles. The highest BCUT2D eigenvalue weighted by Crippen LogP contribution is 2.34. The molecule has 210 valence electrons. The van der Waals surface area contributed by atoms with Gasteiger partial charge in [0, 0.05) is 18.1 Å². The predicted octanol–water partition coefficient (Wildman–Crippen LogP) is 8.13. The van der Waals surface area contributed by atoms with Gasteiger partial charge in [0.05, 0.1) is 34.6 Å². The molecule has 2 amide bonds. The Morgan fingerprint density at radius 3 is 2.26 bits per heavy atom. The third-order valence-electron chi connectivity index (χ3n) is 4.59. The van der Waals surface area contributed by atoms with E-state index in [-0.39, 0.29) is 26.2 Å². The number of benzene rings is 2. The molecule has 7 nitrogen and oxygen atoms in total. The number of hydrogen-bond donors (Lipinski definition) is 1. The van der Waals surface area contributed by atoms with Crippen molar-refractivity contribution in [2.75, 3.05) is 31.6 Å². The molecule has 0 atom stereocenters. The van der Waals surface area contributed by atoms with Crippen LogP contribution < -0.4 is 10.1 Å². The largest absolute Gasteiger partial charge is 0.416 e. The van der Waals surface area contributed by atoms with Crippen molar-refractivity contribution in [2.45, 2.75) is 47.7 Å². The average molecular weight is 576 g/mol. The third-order valence-corrected chi connectivity index (χ3v) is 5.76. The number of carbonyl (C=O) groups excluding carboxylic acids is 2. The highest BCUT2D eigenvalue weighted by Gasteiger charge is 2.31. The summed E-state index contributed by atoms with van der Waals surface area (Å²) < 4.78 is 49.6. The van der Waals surface area contributed by atoms with Crippen molar-refractivity contribution >= 4 is 50.3 Å². The van der Waals surface area contributed by atoms with E-state index in [1.807, 2.05) is 41.5 Å². The second-order valence-electron chi connectivity index (χ2n) is 6.76. The molecule has 1 fully saturated rings. The molecule has 1 aliphatic rings. The van der Waals surface area contributed by atoms with Crippen LogP contribution in [0.15, 0.2) is 36.4 Å². The minimum Gasteiger partial charge on any atom is -0.409 e. The Hall–Kier alpha value is -2.89. The number of nitrogens with zero attached hydrogens (tertiary/aromatic N) is 2. The van der Waals surface area contributed by atoms with E-state index in [1.54, 1.807) is 0 Å². The van der Waals surface area contributed by atoms with E-state index in [2.05, 4.69) is 10.3 Å². The molecule has 1 N–H and O–H groups in total. The van der Waals surface area contributed by atoms with Crippen molar-refractivity contribution in [2.24, 2.45) is 0 Å². The molecule has 4 rings (SSSR count). The maximum Gasteiger partial charge on any atom is 0.416 e. The van der Waals surface area contributed by atoms with Gasteiger partial charge in [-0.2, -0.15) is 13.2 Å². The van der Waals surface area contributed by atoms with E-state index >= 15 is 0 Å². The van der Waals surface area contributed by atoms with Gasteiger partial charge in [-0.05, 0) is 36.4 Å². The maximum atomic E-state index is 12.9. The first kappa shape index (κ1) is 33.1. The Balaban J connectivity index is 0.00000112. The van der Waals surface area contributed by atoms with Crippen molar-refractivity contribution in [1.82, 2.24) is 9.88 Å². The molecule has 0 bridgehead atoms. The van der Waals surface area contributed by atoms with E-state index in [0.29, 0.717) is 31.8 Å². The summed E-state index contributed by atoms with van der Waals surface area (Å²) in [6.07, 6.45) is -5.12. The number of amides is 2. The number of hydrogen-bond acceptors (Lipinski definition) is 6. The first-order valence-corrected chi connectivity index (χ1v) is 13.5. The summed E-state index contributed by atoms with van der Waals surface area (Å²) in [5, 5.41) is 2.86. The summed E-state index contributed by atoms with van der Waals surface area (Å²) in [6.45, 7) is 13.5. The lowest BCUT2D eigenvalue weighted by atomic mass is 10.2. The van der Waals surface area contributed by atoms with Gasteiger partial charge in [0.1, 0.15) is 5.75 Å². The molecule has 1 aromatic heterocycles. The lowest BCUT2D eigenvalue weighted by Gasteiger charge is -2.26. The first-order chi connectivity index (χ1) is 18.2. The van der Waals surface area contributed by atoms with Crippen molar-refractivity contribution < 1.29 is 32.2 Å². The van der Waals surface area contributed by atoms with Crippen LogP contribution in [0.3, 0.4) is 0 Å². The van der Waals surface area contributed by atoms with Crippen LogP contribution in [0.2, 0.25) is 5.02 Å². The maximum absolute atomic E-state index is 12.9. The van der Waals surface area contributed by atoms with Gasteiger partial charge in [-0.15, -0.1) is 0 Å². The third kappa shape index (κ3) is 9.14. The summed E-state index contributed by atoms with van der Waals surface area (Å²) in [5.41, 5.74) is -0.517. The fraction of sp³-hybridized carbons (Fsp3) is 0.423. The van der Waals surface area contributed by atoms with Crippen LogP contribution in [0.4, 0.5) is 23.1 Å². The molecule has 1 aliphatic heterocycles. The molecule has 3 aromatic rings. The summed E-state index contributed by atoms with van der Waals surface area (Å²) in [6, 6.07) is 7.32. The quantitative estimate of drug-likeness (QED) is 0.341. The molecule has 38 heavy (non-hydrogen) atoms. The summed E-state index contributed by atoms with van der Waals surface area (Å²) in [4.78, 5) is 30.8. The minimum absolute atomic E-state index is 0.0103. The normalized spacial score (nSPS) is 12.6. The molecule has 2 heterocycles. The Morgan fingerprint density at radius 2 is 1.66 bits per heavy atom. The molecular weight excluding hydrogens is 543 g/mol. The second-order valence-corrected chi connectivity index (χ2v) is 8.23. The van der Waals surface area contributed by atoms with E-state index in [9.17, 15) is 22.8 Å². The van der Waals surface area contributed by atoms with Crippen molar-refractivity contribution in [3.05, 3.63) is 52.5 Å². The van der Waals surface area contributed by atoms with Crippen LogP contribution in [0.25, 0.3) is 10.2 Å². The number of thiazole rings is 1. The van der Waals surface area contributed by atoms with Crippen LogP contribution in [-0.4, -0.2) is 48.2 Å². The van der Waals surface area contributed by atoms with Gasteiger partial charge in [-0.25, -0.2) is 9.78 Å². The van der Waals surface area contributed by atoms with Gasteiger partial charge in [0.15, 0.2) is 5.13 Å². The summed E-state index contributed by atoms with van der Waals surface area (Å²) in [5.74, 6) is -0.684. The lowest BCUT2D eigenvalue weighted by Crippen LogP contribution is -2.42. The number of halogens is 4. The standard InChI is InChI=1S/C20H15ClF3N3O4S.3C2H6/c21-12-2-4-15(31-19(29)27-5-7-30-8-6-27)13(10-12)17(28)26-18-25-14-3-1-11(20(22,23)24)9-16(14)32-18;3*1-2/h1-4,9-10H,5-8H2,(H,25,26,28);3*1-2H3. The Labute approximate surface area is 229 Å². The number of anilines is 1. The number of alkyl halides is 3. The highest BCUT2D eigenvalue weighted by molar-refractivity contribution is 7.22. The highest BCUT2D eigenvalue weighted by atomic mass is 35.5. The smallest absolute Gasteiger partial charge is 0.409 e. The van der Waals surface area contributed by atoms with E-state index in [1.165, 1.54) is 29.2 Å².